The highest BCUT2D eigenvalue weighted by molar-refractivity contribution is 5.74. The molecular formula is C60H64O5. The lowest BCUT2D eigenvalue weighted by Crippen LogP contribution is -2.66. The second kappa shape index (κ2) is 17.8. The van der Waals surface area contributed by atoms with Gasteiger partial charge in [-0.05, 0) is 115 Å². The fraction of sp³-hybridized carbons (Fsp3) is 0.383. The number of esters is 1. The van der Waals surface area contributed by atoms with Crippen molar-refractivity contribution in [3.63, 3.8) is 0 Å². The standard InChI is InChI=1S/C60H64O5/c1-3-63-55(61)54-35-34-52-51-37-41-58(62)42-50(65-60(47-28-16-7-17-29-47,48-30-18-8-19-31-48)49-32-20-9-21-33-49)36-40-57(58,53(51)38-39-56(52,54)2)43-64-59(44-22-10-4-11-23-44,45-24-12-5-13-25-45)46-26-14-6-15-27-46/h4-33,50-54,62H,3,34-43H2,1-2H3/t50-,51+,52+,53+,54-,56+,57-,58+/m0/s1. The lowest BCUT2D eigenvalue weighted by atomic mass is 9.42. The lowest BCUT2D eigenvalue weighted by Gasteiger charge is -2.65. The highest BCUT2D eigenvalue weighted by Crippen LogP contribution is 2.69. The number of rotatable bonds is 13. The molecule has 0 spiro atoms. The molecule has 4 fully saturated rings. The fourth-order valence-electron chi connectivity index (χ4n) is 14.0. The van der Waals surface area contributed by atoms with E-state index in [1.54, 1.807) is 0 Å². The second-order valence-electron chi connectivity index (χ2n) is 19.9. The van der Waals surface area contributed by atoms with Crippen LogP contribution in [-0.2, 0) is 30.2 Å². The summed E-state index contributed by atoms with van der Waals surface area (Å²) < 4.78 is 21.4. The van der Waals surface area contributed by atoms with Crippen LogP contribution in [0.4, 0.5) is 0 Å². The zero-order valence-corrected chi connectivity index (χ0v) is 38.1. The highest BCUT2D eigenvalue weighted by Gasteiger charge is 2.68. The minimum atomic E-state index is -1.09. The van der Waals surface area contributed by atoms with Gasteiger partial charge in [-0.1, -0.05) is 189 Å². The normalized spacial score (nSPS) is 28.6. The maximum Gasteiger partial charge on any atom is 0.309 e. The van der Waals surface area contributed by atoms with Gasteiger partial charge in [-0.3, -0.25) is 4.79 Å². The van der Waals surface area contributed by atoms with Crippen LogP contribution in [0.1, 0.15) is 105 Å². The smallest absolute Gasteiger partial charge is 0.309 e. The third-order valence-corrected chi connectivity index (χ3v) is 17.0. The third-order valence-electron chi connectivity index (χ3n) is 17.0. The molecule has 334 valence electrons. The molecule has 0 unspecified atom stereocenters. The predicted molar refractivity (Wildman–Crippen MR) is 257 cm³/mol. The van der Waals surface area contributed by atoms with E-state index in [9.17, 15) is 9.90 Å². The Labute approximate surface area is 386 Å². The van der Waals surface area contributed by atoms with Gasteiger partial charge in [0.1, 0.15) is 11.2 Å². The number of ether oxygens (including phenoxy) is 3. The quantitative estimate of drug-likeness (QED) is 0.0925. The average Bonchev–Trinajstić information content (AvgIpc) is 3.72. The van der Waals surface area contributed by atoms with Gasteiger partial charge in [-0.15, -0.1) is 0 Å². The van der Waals surface area contributed by atoms with Crippen LogP contribution in [0.5, 0.6) is 0 Å². The van der Waals surface area contributed by atoms with Crippen LogP contribution in [0, 0.1) is 34.5 Å². The van der Waals surface area contributed by atoms with E-state index in [0.29, 0.717) is 37.9 Å². The Bertz CT molecular complexity index is 2300. The molecule has 5 heteroatoms. The number of hydrogen-bond donors (Lipinski definition) is 1. The van der Waals surface area contributed by atoms with Crippen LogP contribution in [0.3, 0.4) is 0 Å². The van der Waals surface area contributed by atoms with Crippen molar-refractivity contribution in [3.8, 4) is 0 Å². The number of carbonyl (C=O) groups excluding carboxylic acids is 1. The Hall–Kier alpha value is -5.33. The van der Waals surface area contributed by atoms with E-state index in [-0.39, 0.29) is 29.3 Å². The van der Waals surface area contributed by atoms with Crippen molar-refractivity contribution < 1.29 is 24.1 Å². The molecule has 4 aliphatic rings. The van der Waals surface area contributed by atoms with Crippen LogP contribution in [0.15, 0.2) is 182 Å². The highest BCUT2D eigenvalue weighted by atomic mass is 16.5. The largest absolute Gasteiger partial charge is 0.466 e. The number of hydrogen-bond acceptors (Lipinski definition) is 5. The molecule has 4 saturated carbocycles. The first-order valence-corrected chi connectivity index (χ1v) is 24.3. The van der Waals surface area contributed by atoms with E-state index in [2.05, 4.69) is 189 Å². The van der Waals surface area contributed by atoms with Crippen LogP contribution >= 0.6 is 0 Å². The molecule has 0 bridgehead atoms. The summed E-state index contributed by atoms with van der Waals surface area (Å²) in [5.41, 5.74) is 2.73. The van der Waals surface area contributed by atoms with Crippen molar-refractivity contribution in [1.82, 2.24) is 0 Å². The molecule has 0 aliphatic heterocycles. The lowest BCUT2D eigenvalue weighted by molar-refractivity contribution is -0.262. The summed E-state index contributed by atoms with van der Waals surface area (Å²) in [6, 6.07) is 63.9. The average molecular weight is 865 g/mol. The zero-order chi connectivity index (χ0) is 44.5. The van der Waals surface area contributed by atoms with Crippen molar-refractivity contribution in [3.05, 3.63) is 215 Å². The summed E-state index contributed by atoms with van der Waals surface area (Å²) in [4.78, 5) is 13.6. The van der Waals surface area contributed by atoms with E-state index in [4.69, 9.17) is 14.2 Å². The second-order valence-corrected chi connectivity index (χ2v) is 19.9. The van der Waals surface area contributed by atoms with Crippen molar-refractivity contribution in [2.24, 2.45) is 34.5 Å². The predicted octanol–water partition coefficient (Wildman–Crippen LogP) is 12.7. The van der Waals surface area contributed by atoms with Crippen LogP contribution in [-0.4, -0.2) is 36.0 Å². The van der Waals surface area contributed by atoms with Crippen LogP contribution in [0.25, 0.3) is 0 Å². The fourth-order valence-corrected chi connectivity index (χ4v) is 14.0. The monoisotopic (exact) mass is 864 g/mol. The molecule has 6 aromatic rings. The molecule has 10 rings (SSSR count). The van der Waals surface area contributed by atoms with E-state index < -0.39 is 22.2 Å². The number of fused-ring (bicyclic) bond motifs is 5. The number of aliphatic hydroxyl groups is 1. The van der Waals surface area contributed by atoms with Gasteiger partial charge >= 0.3 is 5.97 Å². The first-order chi connectivity index (χ1) is 31.8. The molecule has 0 radical (unpaired) electrons. The van der Waals surface area contributed by atoms with Crippen LogP contribution in [0.2, 0.25) is 0 Å². The molecule has 1 N–H and O–H groups in total. The Balaban J connectivity index is 1.09. The minimum absolute atomic E-state index is 0.0314. The molecular weight excluding hydrogens is 801 g/mol. The number of benzene rings is 6. The van der Waals surface area contributed by atoms with Gasteiger partial charge in [-0.2, -0.15) is 0 Å². The molecule has 8 atom stereocenters. The van der Waals surface area contributed by atoms with Crippen molar-refractivity contribution in [2.45, 2.75) is 94.5 Å². The first-order valence-electron chi connectivity index (χ1n) is 24.3. The molecule has 0 aromatic heterocycles. The molecule has 5 nitrogen and oxygen atoms in total. The maximum atomic E-state index is 14.0. The van der Waals surface area contributed by atoms with E-state index in [1.165, 1.54) is 0 Å². The molecule has 65 heavy (non-hydrogen) atoms. The molecule has 4 aliphatic carbocycles. The molecule has 0 amide bonds. The van der Waals surface area contributed by atoms with Gasteiger partial charge < -0.3 is 19.3 Å². The summed E-state index contributed by atoms with van der Waals surface area (Å²) in [6.45, 7) is 5.07. The van der Waals surface area contributed by atoms with E-state index >= 15 is 0 Å². The summed E-state index contributed by atoms with van der Waals surface area (Å²) in [5, 5.41) is 14.0. The van der Waals surface area contributed by atoms with Gasteiger partial charge in [0, 0.05) is 11.8 Å². The first kappa shape index (κ1) is 43.6. The van der Waals surface area contributed by atoms with E-state index in [1.807, 2.05) is 6.92 Å². The Kier molecular flexibility index (Phi) is 11.9. The van der Waals surface area contributed by atoms with Gasteiger partial charge in [0.05, 0.1) is 30.8 Å². The van der Waals surface area contributed by atoms with Gasteiger partial charge in [0.25, 0.3) is 0 Å². The van der Waals surface area contributed by atoms with Crippen molar-refractivity contribution in [1.29, 1.82) is 0 Å². The van der Waals surface area contributed by atoms with Gasteiger partial charge in [0.2, 0.25) is 0 Å². The summed E-state index contributed by atoms with van der Waals surface area (Å²) in [5.74, 6) is 0.801. The van der Waals surface area contributed by atoms with Crippen LogP contribution < -0.4 is 0 Å². The molecule has 0 heterocycles. The Morgan fingerprint density at radius 1 is 0.554 bits per heavy atom. The zero-order valence-electron chi connectivity index (χ0n) is 38.1. The van der Waals surface area contributed by atoms with Gasteiger partial charge in [0.15, 0.2) is 0 Å². The summed E-state index contributed by atoms with van der Waals surface area (Å²) in [7, 11) is 0. The van der Waals surface area contributed by atoms with Crippen molar-refractivity contribution in [2.75, 3.05) is 13.2 Å². The van der Waals surface area contributed by atoms with Crippen molar-refractivity contribution >= 4 is 5.97 Å². The number of carbonyl (C=O) groups is 1. The molecule has 6 aromatic carbocycles. The summed E-state index contributed by atoms with van der Waals surface area (Å²) in [6.07, 6.45) is 7.07. The Morgan fingerprint density at radius 3 is 1.45 bits per heavy atom. The topological polar surface area (TPSA) is 65.0 Å². The van der Waals surface area contributed by atoms with E-state index in [0.717, 1.165) is 78.3 Å². The minimum Gasteiger partial charge on any atom is -0.466 e. The Morgan fingerprint density at radius 2 is 1.00 bits per heavy atom. The maximum absolute atomic E-state index is 14.0. The third kappa shape index (κ3) is 7.30. The molecule has 0 saturated heterocycles. The SMILES string of the molecule is CCOC(=O)[C@@H]1CC[C@@H]2[C@H]3CC[C@@]4(O)C[C@@H](OC(c5ccccc5)(c5ccccc5)c5ccccc5)CC[C@]4(COC(c4ccccc4)(c4ccccc4)c4ccccc4)[C@@H]3CC[C@]21C. The summed E-state index contributed by atoms with van der Waals surface area (Å²) >= 11 is 0. The van der Waals surface area contributed by atoms with Gasteiger partial charge in [-0.25, -0.2) is 0 Å².